The Kier molecular flexibility index (Phi) is 6.05. The molecule has 5 heteroatoms. The van der Waals surface area contributed by atoms with Crippen LogP contribution in [-0.2, 0) is 5.41 Å². The van der Waals surface area contributed by atoms with Gasteiger partial charge in [0.1, 0.15) is 5.82 Å². The zero-order chi connectivity index (χ0) is 28.8. The highest BCUT2D eigenvalue weighted by molar-refractivity contribution is 7.16. The molecule has 0 radical (unpaired) electrons. The van der Waals surface area contributed by atoms with Crippen molar-refractivity contribution in [2.75, 3.05) is 4.90 Å². The van der Waals surface area contributed by atoms with Crippen LogP contribution < -0.4 is 4.90 Å². The summed E-state index contributed by atoms with van der Waals surface area (Å²) in [6.07, 6.45) is 1.69. The first-order valence-corrected chi connectivity index (χ1v) is 14.6. The fraction of sp³-hybridized carbons (Fsp3) is 0.0811. The molecule has 2 heterocycles. The smallest absolute Gasteiger partial charge is 0.263 e. The van der Waals surface area contributed by atoms with Crippen molar-refractivity contribution in [3.05, 3.63) is 148 Å². The number of rotatable bonds is 5. The van der Waals surface area contributed by atoms with E-state index in [-0.39, 0.29) is 11.1 Å². The Morgan fingerprint density at radius 3 is 2.31 bits per heavy atom. The number of benzene rings is 4. The lowest BCUT2D eigenvalue weighted by Crippen LogP contribution is -2.17. The maximum absolute atomic E-state index is 9.27. The Balaban J connectivity index is 1.43. The first-order chi connectivity index (χ1) is 20.5. The molecule has 200 valence electrons. The average molecular weight is 559 g/mol. The van der Waals surface area contributed by atoms with Gasteiger partial charge in [0, 0.05) is 37.6 Å². The molecular formula is C37H26N4S. The van der Waals surface area contributed by atoms with E-state index >= 15 is 0 Å². The molecule has 0 saturated carbocycles. The molecule has 0 aliphatic heterocycles. The zero-order valence-electron chi connectivity index (χ0n) is 23.2. The maximum Gasteiger partial charge on any atom is 0.263 e. The van der Waals surface area contributed by atoms with E-state index in [0.717, 1.165) is 33.3 Å². The van der Waals surface area contributed by atoms with E-state index in [1.54, 1.807) is 17.4 Å². The van der Waals surface area contributed by atoms with Gasteiger partial charge in [-0.3, -0.25) is 9.47 Å². The SMILES string of the molecule is [C-]#[N+]/C(C#N)=C\c1cc2c(s1)-c1ccc(N(c3ccccc3)c3cc4ccccc4n3-c3ccccc3)cc1C2(C)C. The van der Waals surface area contributed by atoms with Crippen LogP contribution in [0.3, 0.4) is 0 Å². The van der Waals surface area contributed by atoms with E-state index in [1.807, 2.05) is 6.07 Å². The van der Waals surface area contributed by atoms with Crippen LogP contribution in [0.2, 0.25) is 0 Å². The van der Waals surface area contributed by atoms with Gasteiger partial charge in [0.05, 0.1) is 18.2 Å². The summed E-state index contributed by atoms with van der Waals surface area (Å²) in [7, 11) is 0. The van der Waals surface area contributed by atoms with Crippen molar-refractivity contribution < 1.29 is 0 Å². The lowest BCUT2D eigenvalue weighted by atomic mass is 9.82. The third-order valence-corrected chi connectivity index (χ3v) is 9.18. The number of hydrogen-bond donors (Lipinski definition) is 0. The molecule has 0 N–H and O–H groups in total. The van der Waals surface area contributed by atoms with Gasteiger partial charge in [-0.1, -0.05) is 74.5 Å². The number of nitrogens with zero attached hydrogens (tertiary/aromatic N) is 4. The second-order valence-corrected chi connectivity index (χ2v) is 12.0. The molecule has 1 aliphatic carbocycles. The number of anilines is 3. The normalized spacial score (nSPS) is 13.3. The largest absolute Gasteiger partial charge is 0.296 e. The van der Waals surface area contributed by atoms with Gasteiger partial charge in [-0.05, 0) is 77.4 Å². The summed E-state index contributed by atoms with van der Waals surface area (Å²) in [5, 5.41) is 10.4. The summed E-state index contributed by atoms with van der Waals surface area (Å²) in [6, 6.07) is 42.8. The second kappa shape index (κ2) is 9.93. The second-order valence-electron chi connectivity index (χ2n) is 10.9. The molecule has 6 aromatic rings. The van der Waals surface area contributed by atoms with E-state index in [9.17, 15) is 5.26 Å². The first kappa shape index (κ1) is 25.6. The van der Waals surface area contributed by atoms with Gasteiger partial charge in [0.15, 0.2) is 0 Å². The Bertz CT molecular complexity index is 2070. The predicted molar refractivity (Wildman–Crippen MR) is 174 cm³/mol. The lowest BCUT2D eigenvalue weighted by molar-refractivity contribution is 0.661. The van der Waals surface area contributed by atoms with Crippen molar-refractivity contribution in [1.29, 1.82) is 5.26 Å². The summed E-state index contributed by atoms with van der Waals surface area (Å²) in [6.45, 7) is 11.8. The number of nitriles is 1. The highest BCUT2D eigenvalue weighted by atomic mass is 32.1. The van der Waals surface area contributed by atoms with E-state index < -0.39 is 0 Å². The number of para-hydroxylation sites is 3. The summed E-state index contributed by atoms with van der Waals surface area (Å²) in [4.78, 5) is 7.84. The molecule has 0 amide bonds. The third-order valence-electron chi connectivity index (χ3n) is 8.07. The summed E-state index contributed by atoms with van der Waals surface area (Å²) in [5.41, 5.74) is 8.01. The highest BCUT2D eigenvalue weighted by Gasteiger charge is 2.38. The Labute approximate surface area is 249 Å². The van der Waals surface area contributed by atoms with Gasteiger partial charge in [0.2, 0.25) is 0 Å². The van der Waals surface area contributed by atoms with Crippen LogP contribution in [0.5, 0.6) is 0 Å². The third kappa shape index (κ3) is 4.03. The monoisotopic (exact) mass is 558 g/mol. The predicted octanol–water partition coefficient (Wildman–Crippen LogP) is 10.3. The van der Waals surface area contributed by atoms with Crippen molar-refractivity contribution in [2.45, 2.75) is 19.3 Å². The molecular weight excluding hydrogens is 533 g/mol. The van der Waals surface area contributed by atoms with Gasteiger partial charge >= 0.3 is 0 Å². The molecule has 42 heavy (non-hydrogen) atoms. The summed E-state index contributed by atoms with van der Waals surface area (Å²) < 4.78 is 2.33. The fourth-order valence-corrected chi connectivity index (χ4v) is 7.34. The van der Waals surface area contributed by atoms with Crippen LogP contribution in [-0.4, -0.2) is 4.57 Å². The maximum atomic E-state index is 9.27. The van der Waals surface area contributed by atoms with Gasteiger partial charge in [-0.2, -0.15) is 0 Å². The van der Waals surface area contributed by atoms with Crippen LogP contribution >= 0.6 is 11.3 Å². The molecule has 0 bridgehead atoms. The van der Waals surface area contributed by atoms with Crippen LogP contribution in [0.15, 0.2) is 121 Å². The standard InChI is InChI=1S/C37H26N4S/c1-37(2)32-22-29(18-19-31(32)36-33(37)23-30(42-36)21-26(24-38)39-3)40(27-13-6-4-7-14-27)35-20-25-12-10-11-17-34(25)41(35)28-15-8-5-9-16-28/h4-23H,1-2H3/b26-21-. The van der Waals surface area contributed by atoms with Crippen molar-refractivity contribution >= 4 is 45.5 Å². The first-order valence-electron chi connectivity index (χ1n) is 13.8. The van der Waals surface area contributed by atoms with Gasteiger partial charge in [0.25, 0.3) is 5.70 Å². The number of aromatic nitrogens is 1. The zero-order valence-corrected chi connectivity index (χ0v) is 24.1. The topological polar surface area (TPSA) is 36.3 Å². The molecule has 2 aromatic heterocycles. The number of fused-ring (bicyclic) bond motifs is 4. The molecule has 7 rings (SSSR count). The minimum absolute atomic E-state index is 0.107. The van der Waals surface area contributed by atoms with Crippen molar-refractivity contribution in [3.8, 4) is 22.2 Å². The Morgan fingerprint density at radius 2 is 1.57 bits per heavy atom. The van der Waals surface area contributed by atoms with Crippen LogP contribution in [0.25, 0.3) is 38.0 Å². The van der Waals surface area contributed by atoms with Gasteiger partial charge < -0.3 is 0 Å². The van der Waals surface area contributed by atoms with Crippen molar-refractivity contribution in [2.24, 2.45) is 0 Å². The molecule has 0 saturated heterocycles. The molecule has 0 spiro atoms. The number of allylic oxidation sites excluding steroid dienone is 1. The quantitative estimate of drug-likeness (QED) is 0.156. The molecule has 0 atom stereocenters. The fourth-order valence-electron chi connectivity index (χ4n) is 6.05. The molecule has 0 fully saturated rings. The molecule has 4 nitrogen and oxygen atoms in total. The molecule has 0 unspecified atom stereocenters. The minimum atomic E-state index is -0.233. The van der Waals surface area contributed by atoms with Gasteiger partial charge in [-0.15, -0.1) is 11.3 Å². The van der Waals surface area contributed by atoms with Crippen LogP contribution in [0.4, 0.5) is 17.2 Å². The summed E-state index contributed by atoms with van der Waals surface area (Å²) in [5.74, 6) is 1.06. The van der Waals surface area contributed by atoms with Crippen molar-refractivity contribution in [3.63, 3.8) is 0 Å². The Morgan fingerprint density at radius 1 is 0.857 bits per heavy atom. The highest BCUT2D eigenvalue weighted by Crippen LogP contribution is 2.54. The molecule has 4 aromatic carbocycles. The lowest BCUT2D eigenvalue weighted by Gasteiger charge is -2.29. The van der Waals surface area contributed by atoms with Gasteiger partial charge in [-0.25, -0.2) is 10.1 Å². The van der Waals surface area contributed by atoms with Crippen LogP contribution in [0, 0.1) is 17.9 Å². The average Bonchev–Trinajstić information content (AvgIpc) is 3.68. The van der Waals surface area contributed by atoms with Crippen molar-refractivity contribution in [1.82, 2.24) is 4.57 Å². The Hall–Kier alpha value is -5.36. The number of thiophene rings is 1. The van der Waals surface area contributed by atoms with E-state index in [1.165, 1.54) is 27.0 Å². The minimum Gasteiger partial charge on any atom is -0.296 e. The van der Waals surface area contributed by atoms with E-state index in [0.29, 0.717) is 0 Å². The summed E-state index contributed by atoms with van der Waals surface area (Å²) >= 11 is 1.65. The van der Waals surface area contributed by atoms with Crippen LogP contribution in [0.1, 0.15) is 29.9 Å². The number of hydrogen-bond acceptors (Lipinski definition) is 3. The molecule has 1 aliphatic rings. The van der Waals surface area contributed by atoms with E-state index in [4.69, 9.17) is 6.57 Å². The van der Waals surface area contributed by atoms with E-state index in [2.05, 4.69) is 143 Å².